The second-order valence-corrected chi connectivity index (χ2v) is 5.99. The molecule has 154 valence electrons. The molecule has 0 saturated carbocycles. The van der Waals surface area contributed by atoms with E-state index in [1.807, 2.05) is 0 Å². The molecule has 5 N–H and O–H groups in total. The summed E-state index contributed by atoms with van der Waals surface area (Å²) >= 11 is 0. The third-order valence-corrected chi connectivity index (χ3v) is 4.04. The number of carboxylic acids is 3. The lowest BCUT2D eigenvalue weighted by Crippen LogP contribution is -2.49. The van der Waals surface area contributed by atoms with Crippen molar-refractivity contribution in [2.45, 2.75) is 50.6 Å². The van der Waals surface area contributed by atoms with Gasteiger partial charge >= 0.3 is 17.9 Å². The molecule has 0 fully saturated rings. The Morgan fingerprint density at radius 3 is 1.37 bits per heavy atom. The van der Waals surface area contributed by atoms with Crippen molar-refractivity contribution < 1.29 is 39.3 Å². The van der Waals surface area contributed by atoms with E-state index in [-0.39, 0.29) is 38.5 Å². The lowest BCUT2D eigenvalue weighted by molar-refractivity contribution is -0.142. The maximum Gasteiger partial charge on any atom is 0.317 e. The predicted molar refractivity (Wildman–Crippen MR) is 93.0 cm³/mol. The zero-order chi connectivity index (χ0) is 21.0. The molecule has 11 nitrogen and oxygen atoms in total. The van der Waals surface area contributed by atoms with Crippen molar-refractivity contribution in [2.75, 3.05) is 20.6 Å². The van der Waals surface area contributed by atoms with Gasteiger partial charge in [-0.05, 0) is 12.8 Å². The molecule has 0 rings (SSSR count). The summed E-state index contributed by atoms with van der Waals surface area (Å²) in [7, 11) is 2.79. The van der Waals surface area contributed by atoms with Gasteiger partial charge in [0.25, 0.3) is 0 Å². The Morgan fingerprint density at radius 2 is 1.11 bits per heavy atom. The van der Waals surface area contributed by atoms with Gasteiger partial charge in [0.05, 0.1) is 6.54 Å². The van der Waals surface area contributed by atoms with Gasteiger partial charge < -0.3 is 26.0 Å². The highest BCUT2D eigenvalue weighted by molar-refractivity contribution is 5.78. The first-order valence-electron chi connectivity index (χ1n) is 8.42. The van der Waals surface area contributed by atoms with Crippen molar-refractivity contribution in [3.05, 3.63) is 0 Å². The van der Waals surface area contributed by atoms with Crippen molar-refractivity contribution in [3.63, 3.8) is 0 Å². The van der Waals surface area contributed by atoms with E-state index in [9.17, 15) is 29.1 Å². The zero-order valence-electron chi connectivity index (χ0n) is 15.4. The fourth-order valence-corrected chi connectivity index (χ4v) is 2.70. The quantitative estimate of drug-likeness (QED) is 0.252. The number of amides is 2. The normalized spacial score (nSPS) is 12.9. The van der Waals surface area contributed by atoms with Crippen LogP contribution in [-0.4, -0.2) is 82.7 Å². The molecule has 0 aliphatic carbocycles. The first-order valence-corrected chi connectivity index (χ1v) is 8.42. The average Bonchev–Trinajstić information content (AvgIpc) is 2.59. The summed E-state index contributed by atoms with van der Waals surface area (Å²) in [5, 5.41) is 31.9. The van der Waals surface area contributed by atoms with E-state index >= 15 is 0 Å². The van der Waals surface area contributed by atoms with Crippen LogP contribution in [0.4, 0.5) is 0 Å². The number of hydrogen-bond donors (Lipinski definition) is 5. The van der Waals surface area contributed by atoms with E-state index in [2.05, 4.69) is 10.6 Å². The SMILES string of the molecule is CNC(=O)CC(CCC(=O)O)N(CC(=O)O)C(CCC(=O)O)CC(=O)NC. The van der Waals surface area contributed by atoms with Crippen molar-refractivity contribution in [3.8, 4) is 0 Å². The Kier molecular flexibility index (Phi) is 11.4. The Hall–Kier alpha value is -2.69. The maximum absolute atomic E-state index is 11.8. The van der Waals surface area contributed by atoms with Crippen LogP contribution in [0, 0.1) is 0 Å². The number of carbonyl (C=O) groups is 5. The Balaban J connectivity index is 5.71. The van der Waals surface area contributed by atoms with Crippen molar-refractivity contribution >= 4 is 29.7 Å². The lowest BCUT2D eigenvalue weighted by atomic mass is 9.98. The van der Waals surface area contributed by atoms with E-state index in [0.717, 1.165) is 0 Å². The smallest absolute Gasteiger partial charge is 0.317 e. The summed E-state index contributed by atoms with van der Waals surface area (Å²) in [5.74, 6) is -4.29. The van der Waals surface area contributed by atoms with E-state index < -0.39 is 48.4 Å². The first-order chi connectivity index (χ1) is 12.6. The van der Waals surface area contributed by atoms with E-state index in [4.69, 9.17) is 10.2 Å². The minimum Gasteiger partial charge on any atom is -0.481 e. The molecule has 11 heteroatoms. The molecule has 0 saturated heterocycles. The van der Waals surface area contributed by atoms with Crippen molar-refractivity contribution in [1.82, 2.24) is 15.5 Å². The minimum absolute atomic E-state index is 0.0205. The van der Waals surface area contributed by atoms with Gasteiger partial charge in [-0.3, -0.25) is 28.9 Å². The first kappa shape index (κ1) is 24.3. The number of nitrogens with zero attached hydrogens (tertiary/aromatic N) is 1. The molecule has 0 radical (unpaired) electrons. The molecular formula is C16H27N3O8. The van der Waals surface area contributed by atoms with Gasteiger partial charge in [0.15, 0.2) is 0 Å². The van der Waals surface area contributed by atoms with Gasteiger partial charge in [-0.2, -0.15) is 0 Å². The van der Waals surface area contributed by atoms with E-state index in [1.54, 1.807) is 0 Å². The zero-order valence-corrected chi connectivity index (χ0v) is 15.4. The summed E-state index contributed by atoms with van der Waals surface area (Å²) in [6.45, 7) is -0.553. The molecule has 2 atom stereocenters. The lowest BCUT2D eigenvalue weighted by Gasteiger charge is -2.36. The maximum atomic E-state index is 11.8. The molecule has 0 aromatic heterocycles. The number of rotatable bonds is 14. The molecule has 2 unspecified atom stereocenters. The molecule has 0 aliphatic rings. The largest absolute Gasteiger partial charge is 0.481 e. The van der Waals surface area contributed by atoms with Crippen LogP contribution in [0.1, 0.15) is 38.5 Å². The minimum atomic E-state index is -1.23. The van der Waals surface area contributed by atoms with Gasteiger partial charge in [0.1, 0.15) is 0 Å². The third kappa shape index (κ3) is 10.8. The molecule has 0 aliphatic heterocycles. The average molecular weight is 389 g/mol. The Labute approximate surface area is 156 Å². The number of nitrogens with one attached hydrogen (secondary N) is 2. The van der Waals surface area contributed by atoms with Crippen LogP contribution in [0.15, 0.2) is 0 Å². The topological polar surface area (TPSA) is 173 Å². The standard InChI is InChI=1S/C16H27N3O8/c1-17-12(20)7-10(3-5-14(22)23)19(9-16(26)27)11(4-6-15(24)25)8-13(21)18-2/h10-11H,3-9H2,1-2H3,(H,17,20)(H,18,21)(H,22,23)(H,24,25)(H,26,27). The third-order valence-electron chi connectivity index (χ3n) is 4.04. The number of carboxylic acid groups (broad SMARTS) is 3. The number of hydrogen-bond acceptors (Lipinski definition) is 6. The van der Waals surface area contributed by atoms with Gasteiger partial charge in [-0.15, -0.1) is 0 Å². The highest BCUT2D eigenvalue weighted by Gasteiger charge is 2.31. The summed E-state index contributed by atoms with van der Waals surface area (Å²) in [6, 6.07) is -1.55. The van der Waals surface area contributed by atoms with Crippen LogP contribution in [-0.2, 0) is 24.0 Å². The summed E-state index contributed by atoms with van der Waals surface area (Å²) in [4.78, 5) is 58.2. The second-order valence-electron chi connectivity index (χ2n) is 5.99. The molecule has 0 heterocycles. The highest BCUT2D eigenvalue weighted by Crippen LogP contribution is 2.21. The highest BCUT2D eigenvalue weighted by atomic mass is 16.4. The van der Waals surface area contributed by atoms with Crippen molar-refractivity contribution in [2.24, 2.45) is 0 Å². The molecule has 2 amide bonds. The molecule has 0 bridgehead atoms. The number of carbonyl (C=O) groups excluding carboxylic acids is 2. The molecule has 0 aromatic carbocycles. The summed E-state index contributed by atoms with van der Waals surface area (Å²) < 4.78 is 0. The predicted octanol–water partition coefficient (Wildman–Crippen LogP) is -0.888. The molecular weight excluding hydrogens is 362 g/mol. The van der Waals surface area contributed by atoms with Crippen LogP contribution >= 0.6 is 0 Å². The van der Waals surface area contributed by atoms with Crippen LogP contribution in [0.2, 0.25) is 0 Å². The Bertz CT molecular complexity index is 512. The second kappa shape index (κ2) is 12.6. The van der Waals surface area contributed by atoms with Crippen LogP contribution in [0.25, 0.3) is 0 Å². The summed E-state index contributed by atoms with van der Waals surface area (Å²) in [6.07, 6.45) is -0.990. The monoisotopic (exact) mass is 389 g/mol. The molecule has 0 aromatic rings. The van der Waals surface area contributed by atoms with E-state index in [0.29, 0.717) is 0 Å². The fourth-order valence-electron chi connectivity index (χ4n) is 2.70. The molecule has 27 heavy (non-hydrogen) atoms. The van der Waals surface area contributed by atoms with Crippen molar-refractivity contribution in [1.29, 1.82) is 0 Å². The van der Waals surface area contributed by atoms with Gasteiger partial charge in [0.2, 0.25) is 11.8 Å². The van der Waals surface area contributed by atoms with Crippen LogP contribution in [0.5, 0.6) is 0 Å². The fraction of sp³-hybridized carbons (Fsp3) is 0.688. The van der Waals surface area contributed by atoms with Gasteiger partial charge in [0, 0.05) is 51.9 Å². The molecule has 0 spiro atoms. The van der Waals surface area contributed by atoms with Gasteiger partial charge in [-0.1, -0.05) is 0 Å². The van der Waals surface area contributed by atoms with Crippen LogP contribution < -0.4 is 10.6 Å². The van der Waals surface area contributed by atoms with Crippen LogP contribution in [0.3, 0.4) is 0 Å². The number of aliphatic carboxylic acids is 3. The van der Waals surface area contributed by atoms with E-state index in [1.165, 1.54) is 19.0 Å². The van der Waals surface area contributed by atoms with Gasteiger partial charge in [-0.25, -0.2) is 0 Å². The summed E-state index contributed by atoms with van der Waals surface area (Å²) in [5.41, 5.74) is 0. The Morgan fingerprint density at radius 1 is 0.741 bits per heavy atom.